The van der Waals surface area contributed by atoms with E-state index >= 15 is 0 Å². The molecule has 0 aromatic carbocycles. The van der Waals surface area contributed by atoms with Gasteiger partial charge in [0.05, 0.1) is 13.2 Å². The number of fused-ring (bicyclic) bond motifs is 2. The summed E-state index contributed by atoms with van der Waals surface area (Å²) in [6, 6.07) is 1.22. The van der Waals surface area contributed by atoms with Gasteiger partial charge in [0.15, 0.2) is 17.2 Å². The van der Waals surface area contributed by atoms with E-state index in [-0.39, 0.29) is 17.8 Å². The van der Waals surface area contributed by atoms with Gasteiger partial charge < -0.3 is 24.9 Å². The van der Waals surface area contributed by atoms with Crippen LogP contribution >= 0.6 is 0 Å². The molecule has 112 valence electrons. The summed E-state index contributed by atoms with van der Waals surface area (Å²) < 4.78 is 12.8. The third-order valence-corrected chi connectivity index (χ3v) is 4.25. The fourth-order valence-corrected chi connectivity index (χ4v) is 3.21. The summed E-state index contributed by atoms with van der Waals surface area (Å²) >= 11 is 0. The molecule has 0 aliphatic carbocycles. The summed E-state index contributed by atoms with van der Waals surface area (Å²) in [6.07, 6.45) is 2.24. The Balaban J connectivity index is 1.71. The highest BCUT2D eigenvalue weighted by Gasteiger charge is 2.48. The predicted octanol–water partition coefficient (Wildman–Crippen LogP) is -0.584. The van der Waals surface area contributed by atoms with Crippen molar-refractivity contribution in [1.82, 2.24) is 9.58 Å². The lowest BCUT2D eigenvalue weighted by molar-refractivity contribution is -0.191. The number of amides is 1. The van der Waals surface area contributed by atoms with Gasteiger partial charge in [0, 0.05) is 31.6 Å². The van der Waals surface area contributed by atoms with Crippen LogP contribution in [0, 0.1) is 0 Å². The average molecular weight is 293 g/mol. The van der Waals surface area contributed by atoms with Crippen LogP contribution in [0.1, 0.15) is 23.3 Å². The van der Waals surface area contributed by atoms with E-state index < -0.39 is 17.0 Å². The van der Waals surface area contributed by atoms with Gasteiger partial charge in [-0.3, -0.25) is 14.3 Å². The SMILES string of the molecule is O=C1c2c(O)c(=O)ccn2N[C@@H]2CC3(CCN12)OCCO3. The lowest BCUT2D eigenvalue weighted by Crippen LogP contribution is -2.61. The van der Waals surface area contributed by atoms with Crippen molar-refractivity contribution < 1.29 is 19.4 Å². The van der Waals surface area contributed by atoms with Gasteiger partial charge in [0.25, 0.3) is 5.91 Å². The second-order valence-electron chi connectivity index (χ2n) is 5.45. The molecule has 2 saturated heterocycles. The Morgan fingerprint density at radius 3 is 2.86 bits per heavy atom. The van der Waals surface area contributed by atoms with E-state index in [0.717, 1.165) is 0 Å². The van der Waals surface area contributed by atoms with Gasteiger partial charge in [-0.2, -0.15) is 0 Å². The maximum Gasteiger partial charge on any atom is 0.278 e. The first kappa shape index (κ1) is 12.7. The number of nitrogens with zero attached hydrogens (tertiary/aromatic N) is 2. The van der Waals surface area contributed by atoms with Crippen molar-refractivity contribution in [3.05, 3.63) is 28.2 Å². The minimum absolute atomic E-state index is 0.0250. The van der Waals surface area contributed by atoms with Crippen LogP contribution in [0.15, 0.2) is 17.1 Å². The van der Waals surface area contributed by atoms with Gasteiger partial charge >= 0.3 is 0 Å². The van der Waals surface area contributed by atoms with Crippen LogP contribution < -0.4 is 10.9 Å². The van der Waals surface area contributed by atoms with Crippen LogP contribution in [0.4, 0.5) is 0 Å². The molecule has 1 aromatic heterocycles. The Kier molecular flexibility index (Phi) is 2.54. The third kappa shape index (κ3) is 1.76. The maximum absolute atomic E-state index is 12.5. The second-order valence-corrected chi connectivity index (χ2v) is 5.45. The molecule has 3 aliphatic rings. The van der Waals surface area contributed by atoms with E-state index in [1.165, 1.54) is 16.9 Å². The summed E-state index contributed by atoms with van der Waals surface area (Å²) in [6.45, 7) is 1.56. The standard InChI is InChI=1S/C13H15N3O5/c17-8-1-3-16-10(11(8)18)12(19)15-4-2-13(7-9(15)14-16)20-5-6-21-13/h1,3,9,14,18H,2,4-7H2/t9-/m0/s1. The number of piperidine rings is 1. The third-order valence-electron chi connectivity index (χ3n) is 4.25. The number of carbonyl (C=O) groups excluding carboxylic acids is 1. The van der Waals surface area contributed by atoms with Crippen molar-refractivity contribution in [3.63, 3.8) is 0 Å². The number of ether oxygens (including phenoxy) is 2. The number of rotatable bonds is 0. The van der Waals surface area contributed by atoms with Crippen molar-refractivity contribution in [2.45, 2.75) is 24.8 Å². The monoisotopic (exact) mass is 293 g/mol. The van der Waals surface area contributed by atoms with Crippen molar-refractivity contribution in [2.24, 2.45) is 0 Å². The minimum Gasteiger partial charge on any atom is -0.502 e. The quantitative estimate of drug-likeness (QED) is 0.664. The minimum atomic E-state index is -0.632. The fraction of sp³-hybridized carbons (Fsp3) is 0.538. The lowest BCUT2D eigenvalue weighted by Gasteiger charge is -2.46. The summed E-state index contributed by atoms with van der Waals surface area (Å²) in [5.41, 5.74) is 2.52. The first-order valence-electron chi connectivity index (χ1n) is 6.90. The van der Waals surface area contributed by atoms with E-state index in [4.69, 9.17) is 9.47 Å². The van der Waals surface area contributed by atoms with Crippen molar-refractivity contribution in [3.8, 4) is 5.75 Å². The summed E-state index contributed by atoms with van der Waals surface area (Å²) in [5, 5.41) is 9.84. The van der Waals surface area contributed by atoms with Gasteiger partial charge in [-0.25, -0.2) is 0 Å². The van der Waals surface area contributed by atoms with Crippen molar-refractivity contribution >= 4 is 5.91 Å². The number of pyridine rings is 1. The fourth-order valence-electron chi connectivity index (χ4n) is 3.21. The molecule has 1 spiro atoms. The van der Waals surface area contributed by atoms with Crippen LogP contribution in [0.2, 0.25) is 0 Å². The van der Waals surface area contributed by atoms with Crippen LogP contribution in [-0.4, -0.2) is 52.3 Å². The molecule has 3 aliphatic heterocycles. The van der Waals surface area contributed by atoms with Gasteiger partial charge in [-0.05, 0) is 0 Å². The Morgan fingerprint density at radius 2 is 2.10 bits per heavy atom. The highest BCUT2D eigenvalue weighted by atomic mass is 16.7. The van der Waals surface area contributed by atoms with E-state index in [2.05, 4.69) is 5.43 Å². The van der Waals surface area contributed by atoms with E-state index in [9.17, 15) is 14.7 Å². The van der Waals surface area contributed by atoms with Crippen LogP contribution in [0.5, 0.6) is 5.75 Å². The van der Waals surface area contributed by atoms with Crippen LogP contribution in [0.3, 0.4) is 0 Å². The molecular formula is C13H15N3O5. The molecule has 0 radical (unpaired) electrons. The molecule has 1 aromatic rings. The average Bonchev–Trinajstić information content (AvgIpc) is 2.91. The molecule has 4 rings (SSSR count). The highest BCUT2D eigenvalue weighted by Crippen LogP contribution is 2.36. The molecule has 8 nitrogen and oxygen atoms in total. The molecule has 1 atom stereocenters. The zero-order chi connectivity index (χ0) is 14.6. The van der Waals surface area contributed by atoms with Crippen LogP contribution in [0.25, 0.3) is 0 Å². The van der Waals surface area contributed by atoms with Gasteiger partial charge in [0.2, 0.25) is 5.43 Å². The van der Waals surface area contributed by atoms with E-state index in [1.54, 1.807) is 4.90 Å². The van der Waals surface area contributed by atoms with Gasteiger partial charge in [0.1, 0.15) is 6.17 Å². The number of aromatic hydroxyl groups is 1. The van der Waals surface area contributed by atoms with Gasteiger partial charge in [-0.1, -0.05) is 0 Å². The first-order valence-corrected chi connectivity index (χ1v) is 6.90. The summed E-state index contributed by atoms with van der Waals surface area (Å²) in [7, 11) is 0. The largest absolute Gasteiger partial charge is 0.502 e. The Morgan fingerprint density at radius 1 is 1.33 bits per heavy atom. The van der Waals surface area contributed by atoms with Gasteiger partial charge in [-0.15, -0.1) is 0 Å². The summed E-state index contributed by atoms with van der Waals surface area (Å²) in [5.74, 6) is -1.52. The molecule has 1 amide bonds. The van der Waals surface area contributed by atoms with E-state index in [0.29, 0.717) is 32.6 Å². The number of hydrogen-bond acceptors (Lipinski definition) is 6. The van der Waals surface area contributed by atoms with E-state index in [1.807, 2.05) is 0 Å². The highest BCUT2D eigenvalue weighted by molar-refractivity contribution is 5.96. The zero-order valence-electron chi connectivity index (χ0n) is 11.2. The molecule has 21 heavy (non-hydrogen) atoms. The Labute approximate surface area is 119 Å². The predicted molar refractivity (Wildman–Crippen MR) is 70.4 cm³/mol. The first-order chi connectivity index (χ1) is 10.1. The number of nitrogens with one attached hydrogen (secondary N) is 1. The van der Waals surface area contributed by atoms with Crippen LogP contribution in [-0.2, 0) is 9.47 Å². The molecule has 0 unspecified atom stereocenters. The molecule has 0 bridgehead atoms. The molecule has 0 saturated carbocycles. The molecular weight excluding hydrogens is 278 g/mol. The maximum atomic E-state index is 12.5. The molecule has 2 N–H and O–H groups in total. The number of hydrogen-bond donors (Lipinski definition) is 2. The normalized spacial score (nSPS) is 26.4. The Hall–Kier alpha value is -2.06. The topological polar surface area (TPSA) is 93.0 Å². The molecule has 2 fully saturated rings. The number of carbonyl (C=O) groups is 1. The zero-order valence-corrected chi connectivity index (χ0v) is 11.2. The lowest BCUT2D eigenvalue weighted by atomic mass is 9.99. The number of aromatic nitrogens is 1. The Bertz CT molecular complexity index is 664. The molecule has 8 heteroatoms. The van der Waals surface area contributed by atoms with Crippen molar-refractivity contribution in [1.29, 1.82) is 0 Å². The molecule has 4 heterocycles. The second kappa shape index (κ2) is 4.22. The smallest absolute Gasteiger partial charge is 0.278 e. The van der Waals surface area contributed by atoms with Crippen molar-refractivity contribution in [2.75, 3.05) is 25.2 Å². The summed E-state index contributed by atoms with van der Waals surface area (Å²) in [4.78, 5) is 25.6.